The summed E-state index contributed by atoms with van der Waals surface area (Å²) < 4.78 is 10.6. The van der Waals surface area contributed by atoms with Crippen LogP contribution in [0.2, 0.25) is 0 Å². The highest BCUT2D eigenvalue weighted by Crippen LogP contribution is 2.36. The largest absolute Gasteiger partial charge is 0.497 e. The van der Waals surface area contributed by atoms with Crippen LogP contribution in [-0.2, 0) is 15.0 Å². The first-order valence-corrected chi connectivity index (χ1v) is 9.67. The van der Waals surface area contributed by atoms with Gasteiger partial charge in [0.05, 0.1) is 25.8 Å². The van der Waals surface area contributed by atoms with Crippen LogP contribution in [0.3, 0.4) is 0 Å². The van der Waals surface area contributed by atoms with E-state index in [0.717, 1.165) is 11.3 Å². The predicted octanol–water partition coefficient (Wildman–Crippen LogP) is 3.99. The van der Waals surface area contributed by atoms with Crippen molar-refractivity contribution in [1.82, 2.24) is 0 Å². The van der Waals surface area contributed by atoms with Gasteiger partial charge in [0.15, 0.2) is 0 Å². The van der Waals surface area contributed by atoms with Crippen molar-refractivity contribution in [3.05, 3.63) is 48.0 Å². The molecule has 1 saturated heterocycles. The molecule has 1 heterocycles. The second-order valence-electron chi connectivity index (χ2n) is 8.23. The Morgan fingerprint density at radius 2 is 1.83 bits per heavy atom. The van der Waals surface area contributed by atoms with Crippen molar-refractivity contribution in [3.8, 4) is 11.5 Å². The van der Waals surface area contributed by atoms with Gasteiger partial charge in [-0.15, -0.1) is 0 Å². The van der Waals surface area contributed by atoms with Gasteiger partial charge in [0.25, 0.3) is 0 Å². The van der Waals surface area contributed by atoms with Gasteiger partial charge in [-0.2, -0.15) is 0 Å². The summed E-state index contributed by atoms with van der Waals surface area (Å²) in [5, 5.41) is 3.03. The Morgan fingerprint density at radius 3 is 2.48 bits per heavy atom. The van der Waals surface area contributed by atoms with Gasteiger partial charge in [-0.25, -0.2) is 0 Å². The summed E-state index contributed by atoms with van der Waals surface area (Å²) in [7, 11) is 3.12. The molecule has 0 radical (unpaired) electrons. The number of amides is 2. The minimum Gasteiger partial charge on any atom is -0.497 e. The van der Waals surface area contributed by atoms with Crippen molar-refractivity contribution in [2.45, 2.75) is 32.6 Å². The van der Waals surface area contributed by atoms with Gasteiger partial charge in [0, 0.05) is 24.7 Å². The number of nitrogens with one attached hydrogen (secondary N) is 1. The molecule has 3 rings (SSSR count). The number of ether oxygens (including phenoxy) is 2. The van der Waals surface area contributed by atoms with E-state index < -0.39 is 5.92 Å². The first-order valence-electron chi connectivity index (χ1n) is 9.67. The highest BCUT2D eigenvalue weighted by molar-refractivity contribution is 6.04. The van der Waals surface area contributed by atoms with Crippen molar-refractivity contribution in [2.24, 2.45) is 5.92 Å². The van der Waals surface area contributed by atoms with Gasteiger partial charge in [0.2, 0.25) is 11.8 Å². The molecular weight excluding hydrogens is 368 g/mol. The average molecular weight is 396 g/mol. The summed E-state index contributed by atoms with van der Waals surface area (Å²) in [6.07, 6.45) is 0.165. The van der Waals surface area contributed by atoms with Crippen molar-refractivity contribution in [2.75, 3.05) is 31.0 Å². The van der Waals surface area contributed by atoms with Crippen LogP contribution in [0.4, 0.5) is 11.4 Å². The lowest BCUT2D eigenvalue weighted by Crippen LogP contribution is -2.29. The molecule has 0 spiro atoms. The summed E-state index contributed by atoms with van der Waals surface area (Å²) in [5.74, 6) is 0.507. The monoisotopic (exact) mass is 396 g/mol. The molecule has 1 aliphatic rings. The molecule has 0 unspecified atom stereocenters. The van der Waals surface area contributed by atoms with Crippen LogP contribution < -0.4 is 19.7 Å². The Hall–Kier alpha value is -3.02. The SMILES string of the molecule is COc1ccc(N2C[C@H](C(=O)Nc3ccccc3C(C)(C)C)CC2=O)c(OC)c1. The molecule has 154 valence electrons. The third kappa shape index (κ3) is 4.36. The lowest BCUT2D eigenvalue weighted by molar-refractivity contribution is -0.122. The van der Waals surface area contributed by atoms with Gasteiger partial charge >= 0.3 is 0 Å². The maximum absolute atomic E-state index is 12.9. The summed E-state index contributed by atoms with van der Waals surface area (Å²) in [4.78, 5) is 27.2. The van der Waals surface area contributed by atoms with Crippen LogP contribution in [0.5, 0.6) is 11.5 Å². The normalized spacial score (nSPS) is 16.7. The Labute approximate surface area is 171 Å². The molecule has 1 aliphatic heterocycles. The van der Waals surface area contributed by atoms with Gasteiger partial charge in [0.1, 0.15) is 11.5 Å². The van der Waals surface area contributed by atoms with Crippen LogP contribution >= 0.6 is 0 Å². The molecule has 1 fully saturated rings. The quantitative estimate of drug-likeness (QED) is 0.830. The highest BCUT2D eigenvalue weighted by atomic mass is 16.5. The van der Waals surface area contributed by atoms with E-state index in [9.17, 15) is 9.59 Å². The summed E-state index contributed by atoms with van der Waals surface area (Å²) in [6.45, 7) is 6.63. The lowest BCUT2D eigenvalue weighted by Gasteiger charge is -2.24. The Morgan fingerprint density at radius 1 is 1.10 bits per heavy atom. The fourth-order valence-electron chi connectivity index (χ4n) is 3.60. The molecule has 1 N–H and O–H groups in total. The van der Waals surface area contributed by atoms with E-state index in [-0.39, 0.29) is 23.7 Å². The topological polar surface area (TPSA) is 67.9 Å². The van der Waals surface area contributed by atoms with E-state index in [1.54, 1.807) is 37.3 Å². The van der Waals surface area contributed by atoms with Crippen molar-refractivity contribution in [1.29, 1.82) is 0 Å². The number of methoxy groups -OCH3 is 2. The Bertz CT molecular complexity index is 917. The molecule has 0 saturated carbocycles. The van der Waals surface area contributed by atoms with Gasteiger partial charge in [-0.3, -0.25) is 9.59 Å². The number of benzene rings is 2. The van der Waals surface area contributed by atoms with E-state index in [4.69, 9.17) is 9.47 Å². The minimum absolute atomic E-state index is 0.0993. The number of para-hydroxylation sites is 1. The minimum atomic E-state index is -0.428. The molecule has 0 aromatic heterocycles. The van der Waals surface area contributed by atoms with Crippen LogP contribution in [0.15, 0.2) is 42.5 Å². The third-order valence-electron chi connectivity index (χ3n) is 5.17. The van der Waals surface area contributed by atoms with Crippen LogP contribution in [-0.4, -0.2) is 32.6 Å². The zero-order valence-corrected chi connectivity index (χ0v) is 17.6. The number of nitrogens with zero attached hydrogens (tertiary/aromatic N) is 1. The number of carbonyl (C=O) groups is 2. The van der Waals surface area contributed by atoms with E-state index in [1.165, 1.54) is 0 Å². The van der Waals surface area contributed by atoms with Crippen LogP contribution in [0, 0.1) is 5.92 Å². The van der Waals surface area contributed by atoms with Gasteiger partial charge < -0.3 is 19.7 Å². The summed E-state index contributed by atoms with van der Waals surface area (Å²) in [6, 6.07) is 13.1. The highest BCUT2D eigenvalue weighted by Gasteiger charge is 2.36. The fraction of sp³-hybridized carbons (Fsp3) is 0.391. The fourth-order valence-corrected chi connectivity index (χ4v) is 3.60. The zero-order chi connectivity index (χ0) is 21.2. The molecule has 0 bridgehead atoms. The molecule has 29 heavy (non-hydrogen) atoms. The van der Waals surface area contributed by atoms with E-state index in [1.807, 2.05) is 24.3 Å². The molecule has 2 amide bonds. The molecule has 0 aliphatic carbocycles. The molecular formula is C23H28N2O4. The van der Waals surface area contributed by atoms with Crippen molar-refractivity contribution >= 4 is 23.2 Å². The Kier molecular flexibility index (Phi) is 5.82. The number of carbonyl (C=O) groups excluding carboxylic acids is 2. The van der Waals surface area contributed by atoms with E-state index in [0.29, 0.717) is 23.7 Å². The number of hydrogen-bond acceptors (Lipinski definition) is 4. The van der Waals surface area contributed by atoms with Crippen molar-refractivity contribution in [3.63, 3.8) is 0 Å². The van der Waals surface area contributed by atoms with E-state index in [2.05, 4.69) is 26.1 Å². The van der Waals surface area contributed by atoms with Gasteiger partial charge in [-0.1, -0.05) is 39.0 Å². The smallest absolute Gasteiger partial charge is 0.229 e. The maximum Gasteiger partial charge on any atom is 0.229 e. The molecule has 2 aromatic rings. The standard InChI is InChI=1S/C23H28N2O4/c1-23(2,3)17-8-6-7-9-18(17)24-22(27)15-12-21(26)25(14-15)19-11-10-16(28-4)13-20(19)29-5/h6-11,13,15H,12,14H2,1-5H3,(H,24,27)/t15-/m1/s1. The third-order valence-corrected chi connectivity index (χ3v) is 5.17. The lowest BCUT2D eigenvalue weighted by atomic mass is 9.85. The zero-order valence-electron chi connectivity index (χ0n) is 17.6. The first kappa shape index (κ1) is 20.7. The summed E-state index contributed by atoms with van der Waals surface area (Å²) in [5.41, 5.74) is 2.39. The molecule has 1 atom stereocenters. The molecule has 6 nitrogen and oxygen atoms in total. The average Bonchev–Trinajstić information content (AvgIpc) is 3.08. The van der Waals surface area contributed by atoms with Crippen LogP contribution in [0.25, 0.3) is 0 Å². The predicted molar refractivity (Wildman–Crippen MR) is 114 cm³/mol. The summed E-state index contributed by atoms with van der Waals surface area (Å²) >= 11 is 0. The second-order valence-corrected chi connectivity index (χ2v) is 8.23. The Balaban J connectivity index is 1.79. The number of anilines is 2. The second kappa shape index (κ2) is 8.15. The maximum atomic E-state index is 12.9. The van der Waals surface area contributed by atoms with E-state index >= 15 is 0 Å². The molecule has 6 heteroatoms. The number of rotatable bonds is 5. The molecule has 2 aromatic carbocycles. The number of hydrogen-bond donors (Lipinski definition) is 1. The van der Waals surface area contributed by atoms with Crippen molar-refractivity contribution < 1.29 is 19.1 Å². The van der Waals surface area contributed by atoms with Crippen LogP contribution in [0.1, 0.15) is 32.8 Å². The first-order chi connectivity index (χ1) is 13.7. The van der Waals surface area contributed by atoms with Gasteiger partial charge in [-0.05, 0) is 29.2 Å².